The van der Waals surface area contributed by atoms with Gasteiger partial charge in [-0.15, -0.1) is 0 Å². The van der Waals surface area contributed by atoms with E-state index in [4.69, 9.17) is 5.73 Å². The molecule has 3 nitrogen and oxygen atoms in total. The quantitative estimate of drug-likeness (QED) is 0.775. The second kappa shape index (κ2) is 9.24. The molecule has 0 radical (unpaired) electrons. The van der Waals surface area contributed by atoms with Gasteiger partial charge in [0, 0.05) is 12.0 Å². The number of aryl methyl sites for hydroxylation is 1. The molecule has 0 aliphatic carbocycles. The molecule has 0 saturated heterocycles. The van der Waals surface area contributed by atoms with Crippen LogP contribution in [0, 0.1) is 5.92 Å². The van der Waals surface area contributed by atoms with E-state index in [2.05, 4.69) is 41.7 Å². The fourth-order valence-electron chi connectivity index (χ4n) is 2.70. The number of benzene rings is 2. The van der Waals surface area contributed by atoms with Gasteiger partial charge in [0.2, 0.25) is 5.91 Å². The molecule has 0 aromatic heterocycles. The molecule has 2 aromatic rings. The first-order valence-corrected chi connectivity index (χ1v) is 8.72. The van der Waals surface area contributed by atoms with Crippen molar-refractivity contribution in [3.05, 3.63) is 71.8 Å². The Morgan fingerprint density at radius 1 is 1.00 bits per heavy atom. The average molecular weight is 324 g/mol. The van der Waals surface area contributed by atoms with Crippen molar-refractivity contribution in [3.8, 4) is 0 Å². The summed E-state index contributed by atoms with van der Waals surface area (Å²) in [6, 6.07) is 20.5. The maximum atomic E-state index is 12.4. The number of carbonyl (C=O) groups excluding carboxylic acids is 1. The number of rotatable bonds is 8. The van der Waals surface area contributed by atoms with E-state index in [0.717, 1.165) is 24.8 Å². The molecule has 0 heterocycles. The minimum atomic E-state index is -0.190. The van der Waals surface area contributed by atoms with E-state index in [1.165, 1.54) is 5.56 Å². The number of hydrogen-bond donors (Lipinski definition) is 2. The van der Waals surface area contributed by atoms with Gasteiger partial charge in [-0.3, -0.25) is 4.79 Å². The van der Waals surface area contributed by atoms with Crippen molar-refractivity contribution in [1.82, 2.24) is 5.32 Å². The van der Waals surface area contributed by atoms with Gasteiger partial charge in [-0.25, -0.2) is 0 Å². The number of nitrogens with one attached hydrogen (secondary N) is 1. The van der Waals surface area contributed by atoms with E-state index >= 15 is 0 Å². The monoisotopic (exact) mass is 324 g/mol. The van der Waals surface area contributed by atoms with Crippen LogP contribution in [-0.4, -0.2) is 11.9 Å². The highest BCUT2D eigenvalue weighted by Crippen LogP contribution is 2.20. The first kappa shape index (κ1) is 18.2. The highest BCUT2D eigenvalue weighted by atomic mass is 16.1. The highest BCUT2D eigenvalue weighted by molar-refractivity contribution is 5.79. The number of carbonyl (C=O) groups is 1. The second-order valence-corrected chi connectivity index (χ2v) is 6.50. The van der Waals surface area contributed by atoms with Gasteiger partial charge in [0.1, 0.15) is 0 Å². The van der Waals surface area contributed by atoms with Crippen LogP contribution in [0.15, 0.2) is 60.7 Å². The summed E-state index contributed by atoms with van der Waals surface area (Å²) < 4.78 is 0. The Bertz CT molecular complexity index is 610. The molecule has 0 spiro atoms. The SMILES string of the molecule is CC(N)C(C)C(=O)NC(CCCc1ccccc1)c1ccccc1. The molecule has 2 rings (SSSR count). The number of nitrogens with two attached hydrogens (primary N) is 1. The molecule has 0 bridgehead atoms. The van der Waals surface area contributed by atoms with Gasteiger partial charge in [-0.05, 0) is 37.3 Å². The Kier molecular flexibility index (Phi) is 7.01. The first-order chi connectivity index (χ1) is 11.6. The summed E-state index contributed by atoms with van der Waals surface area (Å²) in [6.07, 6.45) is 2.95. The van der Waals surface area contributed by atoms with E-state index in [-0.39, 0.29) is 23.9 Å². The molecule has 1 amide bonds. The predicted molar refractivity (Wildman–Crippen MR) is 99.5 cm³/mol. The van der Waals surface area contributed by atoms with Crippen molar-refractivity contribution in [2.45, 2.75) is 45.2 Å². The fraction of sp³-hybridized carbons (Fsp3) is 0.381. The van der Waals surface area contributed by atoms with Crippen LogP contribution in [0.2, 0.25) is 0 Å². The lowest BCUT2D eigenvalue weighted by molar-refractivity contribution is -0.125. The normalized spacial score (nSPS) is 14.6. The van der Waals surface area contributed by atoms with Crippen LogP contribution in [0.1, 0.15) is 43.9 Å². The van der Waals surface area contributed by atoms with Crippen LogP contribution < -0.4 is 11.1 Å². The summed E-state index contributed by atoms with van der Waals surface area (Å²) >= 11 is 0. The maximum absolute atomic E-state index is 12.4. The molecular formula is C21H28N2O. The number of hydrogen-bond acceptors (Lipinski definition) is 2. The third-order valence-corrected chi connectivity index (χ3v) is 4.52. The average Bonchev–Trinajstić information content (AvgIpc) is 2.61. The molecule has 0 saturated carbocycles. The lowest BCUT2D eigenvalue weighted by Gasteiger charge is -2.23. The van der Waals surface area contributed by atoms with Crippen molar-refractivity contribution >= 4 is 5.91 Å². The molecule has 3 atom stereocenters. The Morgan fingerprint density at radius 3 is 2.17 bits per heavy atom. The van der Waals surface area contributed by atoms with E-state index in [1.54, 1.807) is 0 Å². The highest BCUT2D eigenvalue weighted by Gasteiger charge is 2.21. The van der Waals surface area contributed by atoms with Crippen LogP contribution in [0.25, 0.3) is 0 Å². The fourth-order valence-corrected chi connectivity index (χ4v) is 2.70. The van der Waals surface area contributed by atoms with Crippen molar-refractivity contribution in [2.24, 2.45) is 11.7 Å². The van der Waals surface area contributed by atoms with Gasteiger partial charge in [0.25, 0.3) is 0 Å². The molecule has 3 heteroatoms. The molecule has 0 aliphatic heterocycles. The summed E-state index contributed by atoms with van der Waals surface area (Å²) in [5.41, 5.74) is 8.35. The maximum Gasteiger partial charge on any atom is 0.224 e. The van der Waals surface area contributed by atoms with Gasteiger partial charge in [0.05, 0.1) is 6.04 Å². The molecular weight excluding hydrogens is 296 g/mol. The van der Waals surface area contributed by atoms with Crippen molar-refractivity contribution in [3.63, 3.8) is 0 Å². The van der Waals surface area contributed by atoms with Crippen molar-refractivity contribution in [1.29, 1.82) is 0 Å². The van der Waals surface area contributed by atoms with Crippen LogP contribution in [0.5, 0.6) is 0 Å². The summed E-state index contributed by atoms with van der Waals surface area (Å²) in [7, 11) is 0. The third-order valence-electron chi connectivity index (χ3n) is 4.52. The minimum absolute atomic E-state index is 0.0264. The van der Waals surface area contributed by atoms with Crippen LogP contribution in [0.4, 0.5) is 0 Å². The van der Waals surface area contributed by atoms with Crippen molar-refractivity contribution in [2.75, 3.05) is 0 Å². The van der Waals surface area contributed by atoms with Gasteiger partial charge in [0.15, 0.2) is 0 Å². The zero-order valence-electron chi connectivity index (χ0n) is 14.6. The second-order valence-electron chi connectivity index (χ2n) is 6.50. The van der Waals surface area contributed by atoms with Crippen LogP contribution >= 0.6 is 0 Å². The van der Waals surface area contributed by atoms with E-state index in [9.17, 15) is 4.79 Å². The Hall–Kier alpha value is -2.13. The number of amides is 1. The Labute approximate surface area is 145 Å². The van der Waals surface area contributed by atoms with Crippen molar-refractivity contribution < 1.29 is 4.79 Å². The molecule has 3 N–H and O–H groups in total. The van der Waals surface area contributed by atoms with E-state index in [0.29, 0.717) is 0 Å². The smallest absolute Gasteiger partial charge is 0.224 e. The topological polar surface area (TPSA) is 55.1 Å². The molecule has 0 fully saturated rings. The van der Waals surface area contributed by atoms with Gasteiger partial charge in [-0.2, -0.15) is 0 Å². The minimum Gasteiger partial charge on any atom is -0.349 e. The first-order valence-electron chi connectivity index (χ1n) is 8.72. The Balaban J connectivity index is 1.99. The molecule has 3 unspecified atom stereocenters. The van der Waals surface area contributed by atoms with Gasteiger partial charge >= 0.3 is 0 Å². The largest absolute Gasteiger partial charge is 0.349 e. The van der Waals surface area contributed by atoms with Gasteiger partial charge < -0.3 is 11.1 Å². The third kappa shape index (κ3) is 5.50. The molecule has 24 heavy (non-hydrogen) atoms. The summed E-state index contributed by atoms with van der Waals surface area (Å²) in [5, 5.41) is 3.18. The summed E-state index contributed by atoms with van der Waals surface area (Å²) in [4.78, 5) is 12.4. The van der Waals surface area contributed by atoms with E-state index in [1.807, 2.05) is 38.1 Å². The zero-order valence-corrected chi connectivity index (χ0v) is 14.6. The molecule has 0 aliphatic rings. The van der Waals surface area contributed by atoms with Gasteiger partial charge in [-0.1, -0.05) is 67.6 Å². The summed E-state index contributed by atoms with van der Waals surface area (Å²) in [5.74, 6) is -0.163. The molecule has 128 valence electrons. The lowest BCUT2D eigenvalue weighted by atomic mass is 9.97. The van der Waals surface area contributed by atoms with E-state index < -0.39 is 0 Å². The zero-order chi connectivity index (χ0) is 17.4. The predicted octanol–water partition coefficient (Wildman–Crippen LogP) is 3.85. The molecule has 2 aromatic carbocycles. The van der Waals surface area contributed by atoms with Crippen LogP contribution in [-0.2, 0) is 11.2 Å². The van der Waals surface area contributed by atoms with Crippen LogP contribution in [0.3, 0.4) is 0 Å². The lowest BCUT2D eigenvalue weighted by Crippen LogP contribution is -2.40. The standard InChI is InChI=1S/C21H28N2O/c1-16(17(2)22)21(24)23-20(19-13-7-4-8-14-19)15-9-12-18-10-5-3-6-11-18/h3-8,10-11,13-14,16-17,20H,9,12,15,22H2,1-2H3,(H,23,24). The Morgan fingerprint density at radius 2 is 1.58 bits per heavy atom. The summed E-state index contributed by atoms with van der Waals surface area (Å²) in [6.45, 7) is 3.75.